The lowest BCUT2D eigenvalue weighted by Crippen LogP contribution is -2.29. The lowest BCUT2D eigenvalue weighted by Gasteiger charge is -2.21. The third-order valence-corrected chi connectivity index (χ3v) is 5.25. The van der Waals surface area contributed by atoms with Crippen molar-refractivity contribution in [3.63, 3.8) is 0 Å². The minimum absolute atomic E-state index is 0.0923. The Morgan fingerprint density at radius 3 is 2.60 bits per heavy atom. The number of H-pyrrole nitrogens is 1. The average molecular weight is 418 g/mol. The summed E-state index contributed by atoms with van der Waals surface area (Å²) >= 11 is 0. The van der Waals surface area contributed by atoms with Crippen molar-refractivity contribution in [1.29, 1.82) is 0 Å². The zero-order valence-electron chi connectivity index (χ0n) is 17.0. The van der Waals surface area contributed by atoms with Crippen molar-refractivity contribution in [2.75, 3.05) is 20.3 Å². The zero-order valence-corrected chi connectivity index (χ0v) is 17.0. The number of aryl methyl sites for hydroxylation is 1. The monoisotopic (exact) mass is 418 g/mol. The van der Waals surface area contributed by atoms with Gasteiger partial charge in [0.2, 0.25) is 5.91 Å². The van der Waals surface area contributed by atoms with E-state index >= 15 is 0 Å². The first-order valence-corrected chi connectivity index (χ1v) is 9.87. The second-order valence-corrected chi connectivity index (χ2v) is 7.12. The van der Waals surface area contributed by atoms with E-state index in [1.54, 1.807) is 12.3 Å². The van der Waals surface area contributed by atoms with Crippen molar-refractivity contribution in [2.45, 2.75) is 31.9 Å². The summed E-state index contributed by atoms with van der Waals surface area (Å²) in [5.74, 6) is -1.07. The van der Waals surface area contributed by atoms with Crippen LogP contribution in [0.5, 0.6) is 0 Å². The van der Waals surface area contributed by atoms with Crippen LogP contribution < -0.4 is 5.32 Å². The molecule has 4 nitrogen and oxygen atoms in total. The zero-order chi connectivity index (χ0) is 21.7. The lowest BCUT2D eigenvalue weighted by atomic mass is 9.84. The average Bonchev–Trinajstić information content (AvgIpc) is 3.15. The van der Waals surface area contributed by atoms with Gasteiger partial charge in [0.1, 0.15) is 0 Å². The number of hydrogen-bond acceptors (Lipinski definition) is 2. The molecule has 0 radical (unpaired) electrons. The molecule has 1 amide bonds. The molecule has 0 fully saturated rings. The van der Waals surface area contributed by atoms with Crippen LogP contribution in [0.2, 0.25) is 0 Å². The first kappa shape index (κ1) is 21.9. The summed E-state index contributed by atoms with van der Waals surface area (Å²) in [5, 5.41) is 3.55. The van der Waals surface area contributed by atoms with Crippen molar-refractivity contribution in [3.05, 3.63) is 70.9 Å². The van der Waals surface area contributed by atoms with E-state index in [-0.39, 0.29) is 17.9 Å². The minimum Gasteiger partial charge on any atom is -0.383 e. The van der Waals surface area contributed by atoms with Gasteiger partial charge in [-0.25, -0.2) is 0 Å². The molecule has 0 saturated carbocycles. The number of aromatic amines is 1. The van der Waals surface area contributed by atoms with Crippen molar-refractivity contribution < 1.29 is 22.7 Å². The van der Waals surface area contributed by atoms with Crippen LogP contribution in [0, 0.1) is 0 Å². The molecule has 1 atom stereocenters. The Kier molecular flexibility index (Phi) is 6.82. The predicted molar refractivity (Wildman–Crippen MR) is 110 cm³/mol. The van der Waals surface area contributed by atoms with Gasteiger partial charge in [0.15, 0.2) is 0 Å². The highest BCUT2D eigenvalue weighted by Crippen LogP contribution is 2.41. The van der Waals surface area contributed by atoms with Gasteiger partial charge in [-0.2, -0.15) is 13.2 Å². The Morgan fingerprint density at radius 2 is 1.90 bits per heavy atom. The molecule has 3 aromatic rings. The summed E-state index contributed by atoms with van der Waals surface area (Å²) < 4.78 is 46.2. The van der Waals surface area contributed by atoms with Gasteiger partial charge in [-0.05, 0) is 29.2 Å². The van der Waals surface area contributed by atoms with Crippen LogP contribution in [-0.4, -0.2) is 31.2 Å². The van der Waals surface area contributed by atoms with Crippen molar-refractivity contribution in [2.24, 2.45) is 0 Å². The third-order valence-electron chi connectivity index (χ3n) is 5.25. The number of alkyl halides is 3. The highest BCUT2D eigenvalue weighted by Gasteiger charge is 2.36. The second kappa shape index (κ2) is 9.34. The Morgan fingerprint density at radius 1 is 1.13 bits per heavy atom. The number of nitrogens with one attached hydrogen (secondary N) is 2. The first-order chi connectivity index (χ1) is 14.4. The maximum atomic E-state index is 13.7. The van der Waals surface area contributed by atoms with Gasteiger partial charge >= 0.3 is 6.18 Å². The molecule has 30 heavy (non-hydrogen) atoms. The van der Waals surface area contributed by atoms with Gasteiger partial charge in [-0.1, -0.05) is 43.3 Å². The number of rotatable bonds is 8. The third kappa shape index (κ3) is 4.67. The maximum Gasteiger partial charge on any atom is 0.416 e. The quantitative estimate of drug-likeness (QED) is 0.504. The summed E-state index contributed by atoms with van der Waals surface area (Å²) in [6.07, 6.45) is -2.09. The van der Waals surface area contributed by atoms with E-state index in [0.29, 0.717) is 18.7 Å². The molecule has 0 aliphatic heterocycles. The van der Waals surface area contributed by atoms with Crippen molar-refractivity contribution in [1.82, 2.24) is 10.3 Å². The fraction of sp³-hybridized carbons (Fsp3) is 0.348. The van der Waals surface area contributed by atoms with Gasteiger partial charge in [-0.3, -0.25) is 4.79 Å². The Balaban J connectivity index is 2.09. The summed E-state index contributed by atoms with van der Waals surface area (Å²) in [6.45, 7) is 2.66. The number of halogens is 3. The largest absolute Gasteiger partial charge is 0.416 e. The molecule has 160 valence electrons. The smallest absolute Gasteiger partial charge is 0.383 e. The second-order valence-electron chi connectivity index (χ2n) is 7.12. The van der Waals surface area contributed by atoms with Gasteiger partial charge < -0.3 is 15.0 Å². The van der Waals surface area contributed by atoms with E-state index in [1.807, 2.05) is 25.1 Å². The number of amides is 1. The molecule has 0 bridgehead atoms. The number of carbonyl (C=O) groups excluding carboxylic acids is 1. The molecule has 1 aromatic heterocycles. The van der Waals surface area contributed by atoms with Crippen LogP contribution in [0.25, 0.3) is 10.9 Å². The molecule has 0 spiro atoms. The maximum absolute atomic E-state index is 13.7. The number of aromatic nitrogens is 1. The van der Waals surface area contributed by atoms with Crippen LogP contribution in [0.4, 0.5) is 13.2 Å². The Bertz CT molecular complexity index is 1010. The molecule has 0 aliphatic rings. The summed E-state index contributed by atoms with van der Waals surface area (Å²) in [4.78, 5) is 15.8. The van der Waals surface area contributed by atoms with Crippen molar-refractivity contribution >= 4 is 16.8 Å². The number of benzene rings is 2. The van der Waals surface area contributed by atoms with Gasteiger partial charge in [0.05, 0.1) is 12.2 Å². The number of ether oxygens (including phenoxy) is 1. The molecule has 1 unspecified atom stereocenters. The summed E-state index contributed by atoms with van der Waals surface area (Å²) in [5.41, 5.74) is 2.02. The normalized spacial score (nSPS) is 12.8. The first-order valence-electron chi connectivity index (χ1n) is 9.87. The van der Waals surface area contributed by atoms with E-state index in [2.05, 4.69) is 10.3 Å². The molecule has 2 N–H and O–H groups in total. The number of hydrogen-bond donors (Lipinski definition) is 2. The lowest BCUT2D eigenvalue weighted by molar-refractivity contribution is -0.138. The fourth-order valence-electron chi connectivity index (χ4n) is 3.82. The van der Waals surface area contributed by atoms with Gasteiger partial charge in [0, 0.05) is 43.1 Å². The van der Waals surface area contributed by atoms with E-state index in [0.717, 1.165) is 29.0 Å². The molecular weight excluding hydrogens is 393 g/mol. The Labute approximate surface area is 173 Å². The standard InChI is InChI=1S/C23H25F3N2O2/c1-3-15-7-6-9-17-19(14-28-22(15)17)18(13-21(29)27-11-12-30-2)16-8-4-5-10-20(16)23(24,25)26/h4-10,14,18,28H,3,11-13H2,1-2H3,(H,27,29). The molecule has 7 heteroatoms. The van der Waals surface area contributed by atoms with E-state index in [9.17, 15) is 18.0 Å². The van der Waals surface area contributed by atoms with E-state index in [4.69, 9.17) is 4.74 Å². The SMILES string of the molecule is CCc1cccc2c(C(CC(=O)NCCOC)c3ccccc3C(F)(F)F)c[nH]c12. The molecule has 0 saturated heterocycles. The number of carbonyl (C=O) groups is 1. The van der Waals surface area contributed by atoms with Crippen molar-refractivity contribution in [3.8, 4) is 0 Å². The summed E-state index contributed by atoms with van der Waals surface area (Å²) in [7, 11) is 1.52. The highest BCUT2D eigenvalue weighted by molar-refractivity contribution is 5.88. The van der Waals surface area contributed by atoms with E-state index in [1.165, 1.54) is 19.2 Å². The number of para-hydroxylation sites is 1. The molecule has 0 aliphatic carbocycles. The topological polar surface area (TPSA) is 54.1 Å². The van der Waals surface area contributed by atoms with Crippen LogP contribution in [-0.2, 0) is 22.1 Å². The highest BCUT2D eigenvalue weighted by atomic mass is 19.4. The van der Waals surface area contributed by atoms with E-state index < -0.39 is 17.7 Å². The van der Waals surface area contributed by atoms with Gasteiger partial charge in [-0.15, -0.1) is 0 Å². The molecule has 1 heterocycles. The Hall–Kier alpha value is -2.80. The van der Waals surface area contributed by atoms with Crippen LogP contribution in [0.1, 0.15) is 41.5 Å². The number of fused-ring (bicyclic) bond motifs is 1. The summed E-state index contributed by atoms with van der Waals surface area (Å²) in [6, 6.07) is 11.2. The van der Waals surface area contributed by atoms with Crippen LogP contribution >= 0.6 is 0 Å². The molecule has 2 aromatic carbocycles. The van der Waals surface area contributed by atoms with Crippen LogP contribution in [0.3, 0.4) is 0 Å². The molecular formula is C23H25F3N2O2. The number of methoxy groups -OCH3 is 1. The molecule has 3 rings (SSSR count). The minimum atomic E-state index is -4.51. The fourth-order valence-corrected chi connectivity index (χ4v) is 3.82. The predicted octanol–water partition coefficient (Wildman–Crippen LogP) is 5.03. The van der Waals surface area contributed by atoms with Crippen LogP contribution in [0.15, 0.2) is 48.7 Å². The van der Waals surface area contributed by atoms with Gasteiger partial charge in [0.25, 0.3) is 0 Å².